The lowest BCUT2D eigenvalue weighted by molar-refractivity contribution is -0.121. The van der Waals surface area contributed by atoms with E-state index in [0.717, 1.165) is 19.4 Å². The number of carbonyl (C=O) groups is 1. The van der Waals surface area contributed by atoms with Crippen molar-refractivity contribution in [1.29, 1.82) is 0 Å². The van der Waals surface area contributed by atoms with Gasteiger partial charge in [-0.15, -0.1) is 0 Å². The first-order valence-corrected chi connectivity index (χ1v) is 7.84. The van der Waals surface area contributed by atoms with Gasteiger partial charge in [0.2, 0.25) is 5.91 Å². The fourth-order valence-corrected chi connectivity index (χ4v) is 2.76. The second-order valence-electron chi connectivity index (χ2n) is 6.05. The first-order chi connectivity index (χ1) is 10.1. The van der Waals surface area contributed by atoms with Crippen molar-refractivity contribution in [3.05, 3.63) is 29.8 Å². The molecule has 2 unspecified atom stereocenters. The molecule has 2 atom stereocenters. The molecule has 0 aliphatic carbocycles. The van der Waals surface area contributed by atoms with Crippen molar-refractivity contribution in [2.75, 3.05) is 24.6 Å². The van der Waals surface area contributed by atoms with Crippen LogP contribution in [0.25, 0.3) is 0 Å². The number of nitrogens with one attached hydrogen (secondary N) is 1. The number of hydrogen-bond acceptors (Lipinski definition) is 3. The van der Waals surface area contributed by atoms with Gasteiger partial charge in [0.05, 0.1) is 0 Å². The summed E-state index contributed by atoms with van der Waals surface area (Å²) in [5.41, 5.74) is 2.65. The molecule has 1 aliphatic heterocycles. The van der Waals surface area contributed by atoms with Gasteiger partial charge in [-0.2, -0.15) is 0 Å². The van der Waals surface area contributed by atoms with Crippen LogP contribution in [0.4, 0.5) is 5.69 Å². The number of carbonyl (C=O) groups excluding carboxylic acids is 1. The zero-order valence-electron chi connectivity index (χ0n) is 13.0. The Morgan fingerprint density at radius 3 is 3.00 bits per heavy atom. The normalized spacial score (nSPS) is 19.0. The molecular formula is C17H26N2O2. The molecule has 0 saturated heterocycles. The lowest BCUT2D eigenvalue weighted by Gasteiger charge is -2.37. The Morgan fingerprint density at radius 1 is 1.48 bits per heavy atom. The third kappa shape index (κ3) is 4.21. The molecule has 0 aromatic heterocycles. The standard InChI is InChI=1S/C17H26N2O2/c1-13(12-20)11-18-17(21)9-10-19-14(2)7-8-15-5-3-4-6-16(15)19/h3-6,13-14,20H,7-12H2,1-2H3,(H,18,21). The van der Waals surface area contributed by atoms with Gasteiger partial charge in [-0.05, 0) is 37.3 Å². The van der Waals surface area contributed by atoms with Crippen molar-refractivity contribution in [1.82, 2.24) is 5.32 Å². The van der Waals surface area contributed by atoms with E-state index in [2.05, 4.69) is 41.4 Å². The number of nitrogens with zero attached hydrogens (tertiary/aromatic N) is 1. The van der Waals surface area contributed by atoms with Crippen LogP contribution in [0, 0.1) is 5.92 Å². The second kappa shape index (κ2) is 7.46. The molecule has 0 fully saturated rings. The predicted octanol–water partition coefficient (Wildman–Crippen LogP) is 1.96. The lowest BCUT2D eigenvalue weighted by Crippen LogP contribution is -2.40. The lowest BCUT2D eigenvalue weighted by atomic mass is 9.96. The molecule has 1 aliphatic rings. The number of rotatable bonds is 6. The summed E-state index contributed by atoms with van der Waals surface area (Å²) in [4.78, 5) is 14.2. The molecule has 4 nitrogen and oxygen atoms in total. The van der Waals surface area contributed by atoms with Gasteiger partial charge in [0.15, 0.2) is 0 Å². The maximum absolute atomic E-state index is 11.9. The van der Waals surface area contributed by atoms with E-state index in [1.807, 2.05) is 6.92 Å². The summed E-state index contributed by atoms with van der Waals surface area (Å²) in [5.74, 6) is 0.175. The molecule has 0 radical (unpaired) electrons. The zero-order valence-corrected chi connectivity index (χ0v) is 13.0. The van der Waals surface area contributed by atoms with Gasteiger partial charge < -0.3 is 15.3 Å². The summed E-state index contributed by atoms with van der Waals surface area (Å²) in [5, 5.41) is 11.9. The highest BCUT2D eigenvalue weighted by Crippen LogP contribution is 2.30. The van der Waals surface area contributed by atoms with Crippen LogP contribution in [0.2, 0.25) is 0 Å². The van der Waals surface area contributed by atoms with Crippen LogP contribution >= 0.6 is 0 Å². The molecule has 1 aromatic carbocycles. The van der Waals surface area contributed by atoms with E-state index in [4.69, 9.17) is 5.11 Å². The van der Waals surface area contributed by atoms with Crippen molar-refractivity contribution in [2.24, 2.45) is 5.92 Å². The van der Waals surface area contributed by atoms with Gasteiger partial charge in [-0.25, -0.2) is 0 Å². The number of aliphatic hydroxyl groups excluding tert-OH is 1. The van der Waals surface area contributed by atoms with E-state index in [9.17, 15) is 4.79 Å². The highest BCUT2D eigenvalue weighted by atomic mass is 16.3. The number of para-hydroxylation sites is 1. The maximum Gasteiger partial charge on any atom is 0.221 e. The Morgan fingerprint density at radius 2 is 2.24 bits per heavy atom. The molecular weight excluding hydrogens is 264 g/mol. The van der Waals surface area contributed by atoms with E-state index >= 15 is 0 Å². The van der Waals surface area contributed by atoms with Gasteiger partial charge in [-0.1, -0.05) is 25.1 Å². The van der Waals surface area contributed by atoms with E-state index in [1.54, 1.807) is 0 Å². The number of hydrogen-bond donors (Lipinski definition) is 2. The molecule has 2 N–H and O–H groups in total. The van der Waals surface area contributed by atoms with E-state index < -0.39 is 0 Å². The fraction of sp³-hybridized carbons (Fsp3) is 0.588. The minimum atomic E-state index is 0.0607. The van der Waals surface area contributed by atoms with Gasteiger partial charge in [0, 0.05) is 37.8 Å². The van der Waals surface area contributed by atoms with Crippen molar-refractivity contribution in [3.8, 4) is 0 Å². The van der Waals surface area contributed by atoms with Gasteiger partial charge >= 0.3 is 0 Å². The summed E-state index contributed by atoms with van der Waals surface area (Å²) < 4.78 is 0. The average Bonchev–Trinajstić information content (AvgIpc) is 2.51. The molecule has 2 rings (SSSR count). The predicted molar refractivity (Wildman–Crippen MR) is 85.4 cm³/mol. The summed E-state index contributed by atoms with van der Waals surface area (Å²) >= 11 is 0. The average molecular weight is 290 g/mol. The molecule has 1 aromatic rings. The highest BCUT2D eigenvalue weighted by molar-refractivity contribution is 5.76. The van der Waals surface area contributed by atoms with Crippen LogP contribution in [0.15, 0.2) is 24.3 Å². The van der Waals surface area contributed by atoms with Gasteiger partial charge in [0.1, 0.15) is 0 Å². The molecule has 116 valence electrons. The first kappa shape index (κ1) is 15.8. The van der Waals surface area contributed by atoms with Crippen molar-refractivity contribution >= 4 is 11.6 Å². The molecule has 1 heterocycles. The fourth-order valence-electron chi connectivity index (χ4n) is 2.76. The van der Waals surface area contributed by atoms with Crippen LogP contribution in [0.5, 0.6) is 0 Å². The third-order valence-corrected chi connectivity index (χ3v) is 4.20. The van der Waals surface area contributed by atoms with Crippen LogP contribution in [-0.2, 0) is 11.2 Å². The molecule has 4 heteroatoms. The van der Waals surface area contributed by atoms with E-state index in [1.165, 1.54) is 11.3 Å². The number of anilines is 1. The molecule has 1 amide bonds. The third-order valence-electron chi connectivity index (χ3n) is 4.20. The molecule has 0 bridgehead atoms. The maximum atomic E-state index is 11.9. The number of aliphatic hydroxyl groups is 1. The van der Waals surface area contributed by atoms with Gasteiger partial charge in [-0.3, -0.25) is 4.79 Å². The highest BCUT2D eigenvalue weighted by Gasteiger charge is 2.22. The topological polar surface area (TPSA) is 52.6 Å². The first-order valence-electron chi connectivity index (χ1n) is 7.84. The summed E-state index contributed by atoms with van der Waals surface area (Å²) in [6.45, 7) is 5.54. The van der Waals surface area contributed by atoms with Crippen LogP contribution in [0.3, 0.4) is 0 Å². The van der Waals surface area contributed by atoms with Crippen LogP contribution in [0.1, 0.15) is 32.3 Å². The summed E-state index contributed by atoms with van der Waals surface area (Å²) in [6.07, 6.45) is 2.76. The monoisotopic (exact) mass is 290 g/mol. The minimum Gasteiger partial charge on any atom is -0.396 e. The summed E-state index contributed by atoms with van der Waals surface area (Å²) in [6, 6.07) is 8.95. The zero-order chi connectivity index (χ0) is 15.2. The molecule has 21 heavy (non-hydrogen) atoms. The Balaban J connectivity index is 1.89. The summed E-state index contributed by atoms with van der Waals surface area (Å²) in [7, 11) is 0. The number of benzene rings is 1. The Labute approximate surface area is 127 Å². The Hall–Kier alpha value is -1.55. The second-order valence-corrected chi connectivity index (χ2v) is 6.05. The van der Waals surface area contributed by atoms with E-state index in [-0.39, 0.29) is 18.4 Å². The quantitative estimate of drug-likeness (QED) is 0.842. The van der Waals surface area contributed by atoms with Crippen LogP contribution in [-0.4, -0.2) is 36.8 Å². The van der Waals surface area contributed by atoms with E-state index in [0.29, 0.717) is 19.0 Å². The Kier molecular flexibility index (Phi) is 5.62. The van der Waals surface area contributed by atoms with Crippen molar-refractivity contribution in [3.63, 3.8) is 0 Å². The van der Waals surface area contributed by atoms with Crippen LogP contribution < -0.4 is 10.2 Å². The molecule has 0 saturated carbocycles. The largest absolute Gasteiger partial charge is 0.396 e. The minimum absolute atomic E-state index is 0.0607. The SMILES string of the molecule is CC(CO)CNC(=O)CCN1c2ccccc2CCC1C. The van der Waals surface area contributed by atoms with Gasteiger partial charge in [0.25, 0.3) is 0 Å². The molecule has 0 spiro atoms. The number of amides is 1. The van der Waals surface area contributed by atoms with Crippen molar-refractivity contribution < 1.29 is 9.90 Å². The Bertz CT molecular complexity index is 476. The number of fused-ring (bicyclic) bond motifs is 1. The smallest absolute Gasteiger partial charge is 0.221 e. The number of aryl methyl sites for hydroxylation is 1. The van der Waals surface area contributed by atoms with Crippen molar-refractivity contribution in [2.45, 2.75) is 39.2 Å².